The molecule has 3 heterocycles. The predicted molar refractivity (Wildman–Crippen MR) is 69.8 cm³/mol. The Morgan fingerprint density at radius 2 is 2.41 bits per heavy atom. The Balaban J connectivity index is 1.97. The molecule has 1 atom stereocenters. The van der Waals surface area contributed by atoms with Crippen molar-refractivity contribution in [2.75, 3.05) is 30.9 Å². The fourth-order valence-corrected chi connectivity index (χ4v) is 2.68. The Labute approximate surface area is 103 Å². The molecule has 90 valence electrons. The molecule has 5 nitrogen and oxygen atoms in total. The third-order valence-electron chi connectivity index (χ3n) is 2.82. The zero-order valence-electron chi connectivity index (χ0n) is 9.56. The highest BCUT2D eigenvalue weighted by Crippen LogP contribution is 2.27. The SMILES string of the molecule is CNc1nc(NC2CCOC2)c2ccsc2n1. The van der Waals surface area contributed by atoms with Gasteiger partial charge in [0.1, 0.15) is 10.6 Å². The minimum absolute atomic E-state index is 0.359. The summed E-state index contributed by atoms with van der Waals surface area (Å²) in [6, 6.07) is 2.41. The van der Waals surface area contributed by atoms with Gasteiger partial charge >= 0.3 is 0 Å². The van der Waals surface area contributed by atoms with Crippen LogP contribution in [0.5, 0.6) is 0 Å². The highest BCUT2D eigenvalue weighted by Gasteiger charge is 2.17. The Hall–Kier alpha value is -1.40. The zero-order valence-corrected chi connectivity index (χ0v) is 10.4. The lowest BCUT2D eigenvalue weighted by Gasteiger charge is -2.12. The topological polar surface area (TPSA) is 59.1 Å². The maximum atomic E-state index is 5.36. The standard InChI is InChI=1S/C11H14N4OS/c1-12-11-14-9(13-7-2-4-16-6-7)8-3-5-17-10(8)15-11/h3,5,7H,2,4,6H2,1H3,(H2,12,13,14,15). The van der Waals surface area contributed by atoms with Crippen LogP contribution < -0.4 is 10.6 Å². The van der Waals surface area contributed by atoms with Crippen LogP contribution >= 0.6 is 11.3 Å². The lowest BCUT2D eigenvalue weighted by Crippen LogP contribution is -2.20. The van der Waals surface area contributed by atoms with E-state index >= 15 is 0 Å². The summed E-state index contributed by atoms with van der Waals surface area (Å²) in [6.07, 6.45) is 1.03. The van der Waals surface area contributed by atoms with Crippen molar-refractivity contribution in [3.05, 3.63) is 11.4 Å². The van der Waals surface area contributed by atoms with Crippen molar-refractivity contribution in [3.63, 3.8) is 0 Å². The van der Waals surface area contributed by atoms with Crippen LogP contribution in [-0.2, 0) is 4.74 Å². The molecule has 2 aromatic heterocycles. The first-order valence-electron chi connectivity index (χ1n) is 5.64. The monoisotopic (exact) mass is 250 g/mol. The van der Waals surface area contributed by atoms with Gasteiger partial charge in [-0.15, -0.1) is 11.3 Å². The molecule has 1 aliphatic heterocycles. The van der Waals surface area contributed by atoms with Gasteiger partial charge in [-0.25, -0.2) is 4.98 Å². The van der Waals surface area contributed by atoms with Gasteiger partial charge in [0.25, 0.3) is 0 Å². The van der Waals surface area contributed by atoms with Crippen LogP contribution in [0.25, 0.3) is 10.2 Å². The summed E-state index contributed by atoms with van der Waals surface area (Å²) in [6.45, 7) is 1.58. The second-order valence-electron chi connectivity index (χ2n) is 3.99. The third-order valence-corrected chi connectivity index (χ3v) is 3.63. The minimum atomic E-state index is 0.359. The Kier molecular flexibility index (Phi) is 2.82. The van der Waals surface area contributed by atoms with Gasteiger partial charge in [0.2, 0.25) is 5.95 Å². The van der Waals surface area contributed by atoms with E-state index in [-0.39, 0.29) is 0 Å². The quantitative estimate of drug-likeness (QED) is 0.871. The maximum Gasteiger partial charge on any atom is 0.225 e. The van der Waals surface area contributed by atoms with Crippen LogP contribution in [0, 0.1) is 0 Å². The number of hydrogen-bond acceptors (Lipinski definition) is 6. The summed E-state index contributed by atoms with van der Waals surface area (Å²) in [5.74, 6) is 1.55. The van der Waals surface area contributed by atoms with Crippen molar-refractivity contribution in [1.82, 2.24) is 9.97 Å². The van der Waals surface area contributed by atoms with Crippen molar-refractivity contribution in [2.24, 2.45) is 0 Å². The van der Waals surface area contributed by atoms with Crippen LogP contribution in [0.4, 0.5) is 11.8 Å². The highest BCUT2D eigenvalue weighted by molar-refractivity contribution is 7.16. The highest BCUT2D eigenvalue weighted by atomic mass is 32.1. The summed E-state index contributed by atoms with van der Waals surface area (Å²) in [4.78, 5) is 9.89. The van der Waals surface area contributed by atoms with Crippen molar-refractivity contribution in [3.8, 4) is 0 Å². The average Bonchev–Trinajstić information content (AvgIpc) is 2.98. The minimum Gasteiger partial charge on any atom is -0.379 e. The molecule has 0 spiro atoms. The molecule has 1 fully saturated rings. The summed E-state index contributed by atoms with van der Waals surface area (Å²) < 4.78 is 5.36. The molecule has 0 aromatic carbocycles. The van der Waals surface area contributed by atoms with Gasteiger partial charge in [-0.1, -0.05) is 0 Å². The Morgan fingerprint density at radius 1 is 1.47 bits per heavy atom. The maximum absolute atomic E-state index is 5.36. The molecule has 2 aromatic rings. The first kappa shape index (κ1) is 10.7. The van der Waals surface area contributed by atoms with Crippen LogP contribution in [0.1, 0.15) is 6.42 Å². The third kappa shape index (κ3) is 2.05. The van der Waals surface area contributed by atoms with Crippen LogP contribution in [0.15, 0.2) is 11.4 Å². The molecular weight excluding hydrogens is 236 g/mol. The predicted octanol–water partition coefficient (Wildman–Crippen LogP) is 1.93. The van der Waals surface area contributed by atoms with Gasteiger partial charge in [0, 0.05) is 13.7 Å². The Morgan fingerprint density at radius 3 is 3.18 bits per heavy atom. The number of aromatic nitrogens is 2. The van der Waals surface area contributed by atoms with E-state index in [1.165, 1.54) is 0 Å². The smallest absolute Gasteiger partial charge is 0.225 e. The number of hydrogen-bond donors (Lipinski definition) is 2. The average molecular weight is 250 g/mol. The fraction of sp³-hybridized carbons (Fsp3) is 0.455. The molecule has 0 radical (unpaired) electrons. The second-order valence-corrected chi connectivity index (χ2v) is 4.88. The molecule has 17 heavy (non-hydrogen) atoms. The molecule has 0 bridgehead atoms. The number of nitrogens with one attached hydrogen (secondary N) is 2. The van der Waals surface area contributed by atoms with Gasteiger partial charge in [-0.05, 0) is 17.9 Å². The summed E-state index contributed by atoms with van der Waals surface area (Å²) >= 11 is 1.63. The van der Waals surface area contributed by atoms with Gasteiger partial charge in [-0.3, -0.25) is 0 Å². The first-order valence-corrected chi connectivity index (χ1v) is 6.52. The van der Waals surface area contributed by atoms with Crippen LogP contribution in [-0.4, -0.2) is 36.3 Å². The lowest BCUT2D eigenvalue weighted by atomic mass is 10.2. The van der Waals surface area contributed by atoms with Crippen molar-refractivity contribution in [1.29, 1.82) is 0 Å². The van der Waals surface area contributed by atoms with Gasteiger partial charge in [0.05, 0.1) is 18.0 Å². The fourth-order valence-electron chi connectivity index (χ4n) is 1.92. The summed E-state index contributed by atoms with van der Waals surface area (Å²) in [5, 5.41) is 9.54. The number of fused-ring (bicyclic) bond motifs is 1. The van der Waals surface area contributed by atoms with E-state index in [0.29, 0.717) is 12.0 Å². The van der Waals surface area contributed by atoms with Crippen LogP contribution in [0.3, 0.4) is 0 Å². The van der Waals surface area contributed by atoms with E-state index in [1.54, 1.807) is 11.3 Å². The molecular formula is C11H14N4OS. The van der Waals surface area contributed by atoms with E-state index in [1.807, 2.05) is 12.4 Å². The number of anilines is 2. The second kappa shape index (κ2) is 4.46. The lowest BCUT2D eigenvalue weighted by molar-refractivity contribution is 0.195. The molecule has 1 aliphatic rings. The molecule has 0 amide bonds. The van der Waals surface area contributed by atoms with Gasteiger partial charge in [-0.2, -0.15) is 4.98 Å². The molecule has 6 heteroatoms. The van der Waals surface area contributed by atoms with E-state index < -0.39 is 0 Å². The first-order chi connectivity index (χ1) is 8.36. The van der Waals surface area contributed by atoms with Gasteiger partial charge < -0.3 is 15.4 Å². The molecule has 1 unspecified atom stereocenters. The van der Waals surface area contributed by atoms with Crippen molar-refractivity contribution in [2.45, 2.75) is 12.5 Å². The molecule has 0 saturated carbocycles. The zero-order chi connectivity index (χ0) is 11.7. The van der Waals surface area contributed by atoms with E-state index in [4.69, 9.17) is 4.74 Å². The number of nitrogens with zero attached hydrogens (tertiary/aromatic N) is 2. The number of ether oxygens (including phenoxy) is 1. The largest absolute Gasteiger partial charge is 0.379 e. The van der Waals surface area contributed by atoms with Crippen molar-refractivity contribution >= 4 is 33.3 Å². The Bertz CT molecular complexity index is 521. The number of rotatable bonds is 3. The molecule has 1 saturated heterocycles. The molecule has 0 aliphatic carbocycles. The molecule has 3 rings (SSSR count). The van der Waals surface area contributed by atoms with E-state index in [9.17, 15) is 0 Å². The van der Waals surface area contributed by atoms with E-state index in [0.717, 1.165) is 35.7 Å². The van der Waals surface area contributed by atoms with Gasteiger partial charge in [0.15, 0.2) is 0 Å². The summed E-state index contributed by atoms with van der Waals surface area (Å²) in [5.41, 5.74) is 0. The summed E-state index contributed by atoms with van der Waals surface area (Å²) in [7, 11) is 1.83. The number of thiophene rings is 1. The molecule has 2 N–H and O–H groups in total. The van der Waals surface area contributed by atoms with Crippen LogP contribution in [0.2, 0.25) is 0 Å². The normalized spacial score (nSPS) is 19.7. The van der Waals surface area contributed by atoms with E-state index in [2.05, 4.69) is 26.7 Å². The van der Waals surface area contributed by atoms with Crippen molar-refractivity contribution < 1.29 is 4.74 Å².